The lowest BCUT2D eigenvalue weighted by Gasteiger charge is -2.36. The minimum absolute atomic E-state index is 0.254. The number of carbonyl (C=O) groups is 1. The molecule has 0 radical (unpaired) electrons. The van der Waals surface area contributed by atoms with Crippen molar-refractivity contribution in [2.24, 2.45) is 11.7 Å². The average Bonchev–Trinajstić information content (AvgIpc) is 2.26. The van der Waals surface area contributed by atoms with E-state index in [1.54, 1.807) is 11.9 Å². The van der Waals surface area contributed by atoms with Crippen molar-refractivity contribution in [1.29, 1.82) is 0 Å². The third-order valence-electron chi connectivity index (χ3n) is 3.13. The van der Waals surface area contributed by atoms with Gasteiger partial charge in [0, 0.05) is 13.1 Å². The fraction of sp³-hybridized carbons (Fsp3) is 0.900. The predicted octanol–water partition coefficient (Wildman–Crippen LogP) is 1.20. The summed E-state index contributed by atoms with van der Waals surface area (Å²) in [5, 5.41) is 0. The number of carbonyl (C=O) groups excluding carboxylic acids is 1. The zero-order valence-corrected chi connectivity index (χ0v) is 9.03. The summed E-state index contributed by atoms with van der Waals surface area (Å²) in [6.45, 7) is 0.659. The summed E-state index contributed by atoms with van der Waals surface area (Å²) in [5.74, 6) is 0.438. The Kier molecular flexibility index (Phi) is 4.20. The van der Waals surface area contributed by atoms with E-state index in [1.807, 2.05) is 0 Å². The summed E-state index contributed by atoms with van der Waals surface area (Å²) < 4.78 is 4.70. The van der Waals surface area contributed by atoms with Gasteiger partial charge >= 0.3 is 6.09 Å². The van der Waals surface area contributed by atoms with E-state index in [0.717, 1.165) is 12.8 Å². The predicted molar refractivity (Wildman–Crippen MR) is 55.0 cm³/mol. The summed E-state index contributed by atoms with van der Waals surface area (Å²) >= 11 is 0. The average molecular weight is 200 g/mol. The highest BCUT2D eigenvalue weighted by Crippen LogP contribution is 2.27. The molecule has 14 heavy (non-hydrogen) atoms. The molecule has 1 amide bonds. The topological polar surface area (TPSA) is 55.6 Å². The molecule has 4 nitrogen and oxygen atoms in total. The molecule has 2 N–H and O–H groups in total. The highest BCUT2D eigenvalue weighted by Gasteiger charge is 2.30. The van der Waals surface area contributed by atoms with Gasteiger partial charge in [0.05, 0.1) is 7.11 Å². The monoisotopic (exact) mass is 200 g/mol. The molecule has 0 bridgehead atoms. The normalized spacial score (nSPS) is 27.1. The van der Waals surface area contributed by atoms with E-state index >= 15 is 0 Å². The van der Waals surface area contributed by atoms with Crippen molar-refractivity contribution in [1.82, 2.24) is 4.90 Å². The van der Waals surface area contributed by atoms with Gasteiger partial charge in [-0.1, -0.05) is 12.8 Å². The van der Waals surface area contributed by atoms with Gasteiger partial charge in [-0.15, -0.1) is 0 Å². The molecule has 1 aliphatic carbocycles. The second-order valence-electron chi connectivity index (χ2n) is 3.93. The Morgan fingerprint density at radius 3 is 2.71 bits per heavy atom. The highest BCUT2D eigenvalue weighted by molar-refractivity contribution is 5.67. The lowest BCUT2D eigenvalue weighted by molar-refractivity contribution is 0.0887. The standard InChI is InChI=1S/C10H20N2O2/c1-12(10(13)14-2)9-6-4-3-5-8(9)7-11/h8-9H,3-7,11H2,1-2H3. The zero-order chi connectivity index (χ0) is 10.6. The molecule has 0 saturated heterocycles. The molecule has 0 aliphatic heterocycles. The summed E-state index contributed by atoms with van der Waals surface area (Å²) in [4.78, 5) is 13.0. The van der Waals surface area contributed by atoms with Crippen molar-refractivity contribution >= 4 is 6.09 Å². The Labute approximate surface area is 85.4 Å². The molecule has 0 aromatic heterocycles. The van der Waals surface area contributed by atoms with Gasteiger partial charge < -0.3 is 15.4 Å². The number of nitrogens with zero attached hydrogens (tertiary/aromatic N) is 1. The quantitative estimate of drug-likeness (QED) is 0.728. The van der Waals surface area contributed by atoms with Crippen LogP contribution in [0.1, 0.15) is 25.7 Å². The van der Waals surface area contributed by atoms with Crippen molar-refractivity contribution in [2.75, 3.05) is 20.7 Å². The van der Waals surface area contributed by atoms with Crippen LogP contribution >= 0.6 is 0 Å². The van der Waals surface area contributed by atoms with Gasteiger partial charge in [0.1, 0.15) is 0 Å². The Hall–Kier alpha value is -0.770. The number of methoxy groups -OCH3 is 1. The van der Waals surface area contributed by atoms with E-state index in [9.17, 15) is 4.79 Å². The summed E-state index contributed by atoms with van der Waals surface area (Å²) in [6, 6.07) is 0.265. The maximum atomic E-state index is 11.3. The summed E-state index contributed by atoms with van der Waals surface area (Å²) in [7, 11) is 3.21. The molecule has 0 heterocycles. The summed E-state index contributed by atoms with van der Waals surface area (Å²) in [6.07, 6.45) is 4.33. The number of ether oxygens (including phenoxy) is 1. The Morgan fingerprint density at radius 1 is 1.50 bits per heavy atom. The van der Waals surface area contributed by atoms with Gasteiger partial charge in [-0.25, -0.2) is 4.79 Å². The van der Waals surface area contributed by atoms with E-state index in [4.69, 9.17) is 10.5 Å². The number of hydrogen-bond acceptors (Lipinski definition) is 3. The minimum Gasteiger partial charge on any atom is -0.453 e. The Balaban J connectivity index is 2.58. The SMILES string of the molecule is COC(=O)N(C)C1CCCCC1CN. The van der Waals surface area contributed by atoms with Crippen LogP contribution < -0.4 is 5.73 Å². The van der Waals surface area contributed by atoms with Crippen LogP contribution in [0, 0.1) is 5.92 Å². The van der Waals surface area contributed by atoms with E-state index in [-0.39, 0.29) is 12.1 Å². The lowest BCUT2D eigenvalue weighted by Crippen LogP contribution is -2.45. The van der Waals surface area contributed by atoms with Crippen LogP contribution in [-0.2, 0) is 4.74 Å². The van der Waals surface area contributed by atoms with E-state index in [1.165, 1.54) is 20.0 Å². The molecule has 82 valence electrons. The van der Waals surface area contributed by atoms with Crippen molar-refractivity contribution in [3.05, 3.63) is 0 Å². The molecule has 4 heteroatoms. The zero-order valence-electron chi connectivity index (χ0n) is 9.03. The number of hydrogen-bond donors (Lipinski definition) is 1. The second-order valence-corrected chi connectivity index (χ2v) is 3.93. The first-order valence-electron chi connectivity index (χ1n) is 5.21. The molecule has 1 fully saturated rings. The number of nitrogens with two attached hydrogens (primary N) is 1. The van der Waals surface area contributed by atoms with E-state index < -0.39 is 0 Å². The van der Waals surface area contributed by atoms with Gasteiger partial charge in [0.15, 0.2) is 0 Å². The number of rotatable bonds is 2. The van der Waals surface area contributed by atoms with E-state index in [0.29, 0.717) is 12.5 Å². The molecule has 1 aliphatic rings. The van der Waals surface area contributed by atoms with Gasteiger partial charge in [0.2, 0.25) is 0 Å². The molecule has 0 aromatic rings. The van der Waals surface area contributed by atoms with E-state index in [2.05, 4.69) is 0 Å². The molecule has 2 unspecified atom stereocenters. The molecular weight excluding hydrogens is 180 g/mol. The third kappa shape index (κ3) is 2.38. The first-order chi connectivity index (χ1) is 6.70. The van der Waals surface area contributed by atoms with Gasteiger partial charge in [-0.2, -0.15) is 0 Å². The first kappa shape index (κ1) is 11.3. The molecule has 0 aromatic carbocycles. The van der Waals surface area contributed by atoms with Crippen molar-refractivity contribution in [3.63, 3.8) is 0 Å². The molecule has 1 saturated carbocycles. The van der Waals surface area contributed by atoms with Crippen LogP contribution in [0.3, 0.4) is 0 Å². The molecule has 2 atom stereocenters. The molecule has 0 spiro atoms. The Morgan fingerprint density at radius 2 is 2.14 bits per heavy atom. The largest absolute Gasteiger partial charge is 0.453 e. The molecule has 1 rings (SSSR count). The Bertz CT molecular complexity index is 197. The fourth-order valence-corrected chi connectivity index (χ4v) is 2.25. The van der Waals surface area contributed by atoms with Crippen LogP contribution in [0.5, 0.6) is 0 Å². The van der Waals surface area contributed by atoms with Crippen LogP contribution in [0.25, 0.3) is 0 Å². The first-order valence-corrected chi connectivity index (χ1v) is 5.21. The number of amides is 1. The fourth-order valence-electron chi connectivity index (χ4n) is 2.25. The van der Waals surface area contributed by atoms with Crippen molar-refractivity contribution < 1.29 is 9.53 Å². The van der Waals surface area contributed by atoms with Crippen molar-refractivity contribution in [2.45, 2.75) is 31.7 Å². The smallest absolute Gasteiger partial charge is 0.409 e. The lowest BCUT2D eigenvalue weighted by atomic mass is 9.84. The van der Waals surface area contributed by atoms with Gasteiger partial charge in [0.25, 0.3) is 0 Å². The maximum Gasteiger partial charge on any atom is 0.409 e. The van der Waals surface area contributed by atoms with Crippen LogP contribution in [-0.4, -0.2) is 37.7 Å². The van der Waals surface area contributed by atoms with Crippen LogP contribution in [0.4, 0.5) is 4.79 Å². The van der Waals surface area contributed by atoms with Gasteiger partial charge in [-0.3, -0.25) is 0 Å². The third-order valence-corrected chi connectivity index (χ3v) is 3.13. The van der Waals surface area contributed by atoms with Crippen LogP contribution in [0.2, 0.25) is 0 Å². The minimum atomic E-state index is -0.254. The second kappa shape index (κ2) is 5.20. The summed E-state index contributed by atoms with van der Waals surface area (Å²) in [5.41, 5.74) is 5.69. The van der Waals surface area contributed by atoms with Crippen molar-refractivity contribution in [3.8, 4) is 0 Å². The van der Waals surface area contributed by atoms with Crippen LogP contribution in [0.15, 0.2) is 0 Å². The maximum absolute atomic E-state index is 11.3. The van der Waals surface area contributed by atoms with Gasteiger partial charge in [-0.05, 0) is 25.3 Å². The highest BCUT2D eigenvalue weighted by atomic mass is 16.5. The molecular formula is C10H20N2O2.